The number of hydrogen-bond donors (Lipinski definition) is 2. The number of nitrogens with one attached hydrogen (secondary N) is 1. The van der Waals surface area contributed by atoms with Crippen molar-refractivity contribution in [2.75, 3.05) is 13.7 Å². The van der Waals surface area contributed by atoms with E-state index < -0.39 is 5.54 Å². The van der Waals surface area contributed by atoms with E-state index >= 15 is 0 Å². The summed E-state index contributed by atoms with van der Waals surface area (Å²) in [6.45, 7) is 2.89. The van der Waals surface area contributed by atoms with Crippen molar-refractivity contribution in [3.63, 3.8) is 0 Å². The van der Waals surface area contributed by atoms with E-state index in [9.17, 15) is 9.59 Å². The van der Waals surface area contributed by atoms with Crippen molar-refractivity contribution in [1.29, 1.82) is 0 Å². The molecular formula is C16H30N2O3. The van der Waals surface area contributed by atoms with Crippen molar-refractivity contribution in [2.24, 2.45) is 11.7 Å². The van der Waals surface area contributed by atoms with Gasteiger partial charge in [0.25, 0.3) is 0 Å². The van der Waals surface area contributed by atoms with Crippen LogP contribution in [0.1, 0.15) is 64.7 Å². The van der Waals surface area contributed by atoms with Crippen LogP contribution in [0.5, 0.6) is 0 Å². The molecular weight excluding hydrogens is 268 g/mol. The van der Waals surface area contributed by atoms with E-state index in [4.69, 9.17) is 10.5 Å². The molecule has 1 fully saturated rings. The zero-order chi connectivity index (χ0) is 15.7. The average molecular weight is 298 g/mol. The van der Waals surface area contributed by atoms with Crippen LogP contribution in [0.4, 0.5) is 0 Å². The number of carbonyl (C=O) groups excluding carboxylic acids is 2. The molecule has 0 unspecified atom stereocenters. The molecule has 0 saturated heterocycles. The summed E-state index contributed by atoms with van der Waals surface area (Å²) in [5.41, 5.74) is 4.64. The van der Waals surface area contributed by atoms with Gasteiger partial charge in [-0.2, -0.15) is 0 Å². The predicted octanol–water partition coefficient (Wildman–Crippen LogP) is 2.13. The summed E-state index contributed by atoms with van der Waals surface area (Å²) in [5, 5.41) is 2.96. The van der Waals surface area contributed by atoms with Gasteiger partial charge in [-0.25, -0.2) is 4.79 Å². The Morgan fingerprint density at radius 2 is 1.81 bits per heavy atom. The van der Waals surface area contributed by atoms with Gasteiger partial charge in [0.1, 0.15) is 5.54 Å². The van der Waals surface area contributed by atoms with E-state index in [0.717, 1.165) is 38.5 Å². The molecule has 5 heteroatoms. The van der Waals surface area contributed by atoms with E-state index in [1.165, 1.54) is 7.11 Å². The Balaban J connectivity index is 2.45. The molecule has 0 heterocycles. The quantitative estimate of drug-likeness (QED) is 0.531. The van der Waals surface area contributed by atoms with Crippen LogP contribution in [0.3, 0.4) is 0 Å². The molecule has 0 aromatic rings. The molecule has 0 bridgehead atoms. The van der Waals surface area contributed by atoms with E-state index in [-0.39, 0.29) is 11.9 Å². The normalized spacial score (nSPS) is 25.4. The summed E-state index contributed by atoms with van der Waals surface area (Å²) >= 11 is 0. The van der Waals surface area contributed by atoms with Crippen LogP contribution in [-0.4, -0.2) is 31.1 Å². The van der Waals surface area contributed by atoms with Gasteiger partial charge in [0.15, 0.2) is 0 Å². The second-order valence-electron chi connectivity index (χ2n) is 6.26. The highest BCUT2D eigenvalue weighted by molar-refractivity contribution is 5.88. The van der Waals surface area contributed by atoms with Crippen molar-refractivity contribution in [1.82, 2.24) is 5.32 Å². The number of rotatable bonds is 8. The molecule has 0 spiro atoms. The standard InChI is InChI=1S/C16H30N2O3/c1-13-8-10-16(11-9-13,15(20)21-2)18-14(19)7-5-3-4-6-12-17/h13H,3-12,17H2,1-2H3,(H,18,19). The van der Waals surface area contributed by atoms with Crippen molar-refractivity contribution >= 4 is 11.9 Å². The molecule has 0 radical (unpaired) electrons. The molecule has 122 valence electrons. The van der Waals surface area contributed by atoms with Crippen LogP contribution in [0.2, 0.25) is 0 Å². The van der Waals surface area contributed by atoms with Crippen molar-refractivity contribution in [3.05, 3.63) is 0 Å². The zero-order valence-electron chi connectivity index (χ0n) is 13.5. The van der Waals surface area contributed by atoms with Gasteiger partial charge in [0, 0.05) is 6.42 Å². The molecule has 21 heavy (non-hydrogen) atoms. The first-order chi connectivity index (χ1) is 10.0. The third-order valence-corrected chi connectivity index (χ3v) is 4.44. The lowest BCUT2D eigenvalue weighted by Gasteiger charge is -2.37. The fourth-order valence-corrected chi connectivity index (χ4v) is 2.94. The minimum Gasteiger partial charge on any atom is -0.467 e. The van der Waals surface area contributed by atoms with E-state index in [0.29, 0.717) is 31.7 Å². The van der Waals surface area contributed by atoms with E-state index in [1.54, 1.807) is 0 Å². The number of nitrogens with two attached hydrogens (primary N) is 1. The van der Waals surface area contributed by atoms with Crippen LogP contribution in [-0.2, 0) is 14.3 Å². The molecule has 0 atom stereocenters. The summed E-state index contributed by atoms with van der Waals surface area (Å²) < 4.78 is 4.92. The summed E-state index contributed by atoms with van der Waals surface area (Å²) in [6, 6.07) is 0. The Hall–Kier alpha value is -1.10. The van der Waals surface area contributed by atoms with Crippen LogP contribution in [0.25, 0.3) is 0 Å². The number of ether oxygens (including phenoxy) is 1. The van der Waals surface area contributed by atoms with Crippen molar-refractivity contribution in [3.8, 4) is 0 Å². The maximum atomic E-state index is 12.1. The highest BCUT2D eigenvalue weighted by Gasteiger charge is 2.43. The van der Waals surface area contributed by atoms with E-state index in [1.807, 2.05) is 0 Å². The van der Waals surface area contributed by atoms with Gasteiger partial charge in [-0.15, -0.1) is 0 Å². The molecule has 0 aromatic heterocycles. The van der Waals surface area contributed by atoms with Gasteiger partial charge in [0.05, 0.1) is 7.11 Å². The first-order valence-corrected chi connectivity index (χ1v) is 8.13. The SMILES string of the molecule is COC(=O)C1(NC(=O)CCCCCCN)CCC(C)CC1. The van der Waals surface area contributed by atoms with Gasteiger partial charge < -0.3 is 15.8 Å². The summed E-state index contributed by atoms with van der Waals surface area (Å²) in [5.74, 6) is 0.268. The molecule has 3 N–H and O–H groups in total. The maximum absolute atomic E-state index is 12.1. The van der Waals surface area contributed by atoms with Crippen LogP contribution in [0.15, 0.2) is 0 Å². The summed E-state index contributed by atoms with van der Waals surface area (Å²) in [6.07, 6.45) is 7.65. The lowest BCUT2D eigenvalue weighted by Crippen LogP contribution is -2.56. The molecule has 0 aliphatic heterocycles. The van der Waals surface area contributed by atoms with E-state index in [2.05, 4.69) is 12.2 Å². The molecule has 5 nitrogen and oxygen atoms in total. The Morgan fingerprint density at radius 1 is 1.19 bits per heavy atom. The Labute approximate surface area is 128 Å². The van der Waals surface area contributed by atoms with Crippen LogP contribution >= 0.6 is 0 Å². The maximum Gasteiger partial charge on any atom is 0.331 e. The molecule has 1 aliphatic carbocycles. The predicted molar refractivity (Wildman–Crippen MR) is 82.7 cm³/mol. The summed E-state index contributed by atoms with van der Waals surface area (Å²) in [4.78, 5) is 24.2. The van der Waals surface area contributed by atoms with Crippen molar-refractivity contribution in [2.45, 2.75) is 70.3 Å². The third-order valence-electron chi connectivity index (χ3n) is 4.44. The van der Waals surface area contributed by atoms with Gasteiger partial charge in [-0.1, -0.05) is 19.8 Å². The first-order valence-electron chi connectivity index (χ1n) is 8.13. The molecule has 1 rings (SSSR count). The zero-order valence-corrected chi connectivity index (χ0v) is 13.5. The fourth-order valence-electron chi connectivity index (χ4n) is 2.94. The first kappa shape index (κ1) is 18.0. The topological polar surface area (TPSA) is 81.4 Å². The Morgan fingerprint density at radius 3 is 2.38 bits per heavy atom. The van der Waals surface area contributed by atoms with Gasteiger partial charge in [-0.3, -0.25) is 4.79 Å². The minimum atomic E-state index is -0.796. The lowest BCUT2D eigenvalue weighted by atomic mass is 9.77. The third kappa shape index (κ3) is 5.65. The van der Waals surface area contributed by atoms with Gasteiger partial charge in [-0.05, 0) is 51.0 Å². The fraction of sp³-hybridized carbons (Fsp3) is 0.875. The van der Waals surface area contributed by atoms with Crippen LogP contribution in [0, 0.1) is 5.92 Å². The second kappa shape index (κ2) is 9.03. The average Bonchev–Trinajstić information content (AvgIpc) is 2.48. The summed E-state index contributed by atoms with van der Waals surface area (Å²) in [7, 11) is 1.39. The second-order valence-corrected chi connectivity index (χ2v) is 6.26. The van der Waals surface area contributed by atoms with Crippen LogP contribution < -0.4 is 11.1 Å². The molecule has 1 aliphatic rings. The van der Waals surface area contributed by atoms with Gasteiger partial charge in [0.2, 0.25) is 5.91 Å². The van der Waals surface area contributed by atoms with Gasteiger partial charge >= 0.3 is 5.97 Å². The number of methoxy groups -OCH3 is 1. The Bertz CT molecular complexity index is 336. The molecule has 1 saturated carbocycles. The Kier molecular flexibility index (Phi) is 7.72. The number of carbonyl (C=O) groups is 2. The highest BCUT2D eigenvalue weighted by Crippen LogP contribution is 2.33. The number of unbranched alkanes of at least 4 members (excludes halogenated alkanes) is 3. The smallest absolute Gasteiger partial charge is 0.331 e. The number of esters is 1. The monoisotopic (exact) mass is 298 g/mol. The van der Waals surface area contributed by atoms with Crippen molar-refractivity contribution < 1.29 is 14.3 Å². The number of amides is 1. The molecule has 1 amide bonds. The highest BCUT2D eigenvalue weighted by atomic mass is 16.5. The minimum absolute atomic E-state index is 0.0392. The number of hydrogen-bond acceptors (Lipinski definition) is 4. The largest absolute Gasteiger partial charge is 0.467 e. The lowest BCUT2D eigenvalue weighted by molar-refractivity contribution is -0.153. The molecule has 0 aromatic carbocycles.